The minimum Gasteiger partial charge on any atom is -0.440 e. The molecule has 0 saturated carbocycles. The summed E-state index contributed by atoms with van der Waals surface area (Å²) in [5.41, 5.74) is 0.846. The van der Waals surface area contributed by atoms with Gasteiger partial charge in [0, 0.05) is 24.2 Å². The SMILES string of the molecule is Clc1ccc(N=Cc2ccc(N3CCOCC3)o2)cc1. The van der Waals surface area contributed by atoms with E-state index in [4.69, 9.17) is 20.8 Å². The lowest BCUT2D eigenvalue weighted by Crippen LogP contribution is -2.35. The molecule has 3 rings (SSSR count). The lowest BCUT2D eigenvalue weighted by atomic mass is 10.3. The number of benzene rings is 1. The minimum atomic E-state index is 0.705. The second kappa shape index (κ2) is 6.11. The van der Waals surface area contributed by atoms with Crippen molar-refractivity contribution in [2.45, 2.75) is 0 Å². The molecule has 1 saturated heterocycles. The van der Waals surface area contributed by atoms with Gasteiger partial charge in [-0.1, -0.05) is 11.6 Å². The molecule has 0 atom stereocenters. The van der Waals surface area contributed by atoms with Crippen LogP contribution in [0.15, 0.2) is 45.8 Å². The fraction of sp³-hybridized carbons (Fsp3) is 0.267. The highest BCUT2D eigenvalue weighted by molar-refractivity contribution is 6.30. The van der Waals surface area contributed by atoms with Crippen LogP contribution in [0.4, 0.5) is 11.6 Å². The predicted octanol–water partition coefficient (Wildman–Crippen LogP) is 3.52. The molecule has 1 aromatic carbocycles. The van der Waals surface area contributed by atoms with Crippen LogP contribution < -0.4 is 4.90 Å². The number of rotatable bonds is 3. The van der Waals surface area contributed by atoms with E-state index >= 15 is 0 Å². The van der Waals surface area contributed by atoms with E-state index in [-0.39, 0.29) is 0 Å². The highest BCUT2D eigenvalue weighted by Gasteiger charge is 2.13. The molecule has 0 bridgehead atoms. The number of furan rings is 1. The maximum absolute atomic E-state index is 5.83. The van der Waals surface area contributed by atoms with E-state index in [2.05, 4.69) is 9.89 Å². The van der Waals surface area contributed by atoms with Crippen LogP contribution in [0, 0.1) is 0 Å². The monoisotopic (exact) mass is 290 g/mol. The van der Waals surface area contributed by atoms with Gasteiger partial charge in [0.05, 0.1) is 25.1 Å². The summed E-state index contributed by atoms with van der Waals surface area (Å²) in [5.74, 6) is 1.60. The third-order valence-electron chi connectivity index (χ3n) is 3.10. The molecule has 4 nitrogen and oxygen atoms in total. The van der Waals surface area contributed by atoms with Gasteiger partial charge in [0.25, 0.3) is 0 Å². The summed E-state index contributed by atoms with van der Waals surface area (Å²) in [7, 11) is 0. The summed E-state index contributed by atoms with van der Waals surface area (Å²) < 4.78 is 11.1. The molecular weight excluding hydrogens is 276 g/mol. The van der Waals surface area contributed by atoms with Gasteiger partial charge in [-0.05, 0) is 30.3 Å². The van der Waals surface area contributed by atoms with Crippen molar-refractivity contribution in [1.82, 2.24) is 0 Å². The fourth-order valence-electron chi connectivity index (χ4n) is 2.03. The van der Waals surface area contributed by atoms with E-state index < -0.39 is 0 Å². The molecule has 1 aliphatic rings. The topological polar surface area (TPSA) is 38.0 Å². The number of nitrogens with zero attached hydrogens (tertiary/aromatic N) is 2. The number of hydrogen-bond acceptors (Lipinski definition) is 4. The Bertz CT molecular complexity index is 586. The van der Waals surface area contributed by atoms with Crippen LogP contribution in [0.25, 0.3) is 0 Å². The van der Waals surface area contributed by atoms with Crippen molar-refractivity contribution in [2.24, 2.45) is 4.99 Å². The van der Waals surface area contributed by atoms with Crippen molar-refractivity contribution in [3.05, 3.63) is 47.2 Å². The summed E-state index contributed by atoms with van der Waals surface area (Å²) in [5, 5.41) is 0.705. The van der Waals surface area contributed by atoms with E-state index in [0.29, 0.717) is 5.02 Å². The van der Waals surface area contributed by atoms with Crippen LogP contribution in [-0.4, -0.2) is 32.5 Å². The third-order valence-corrected chi connectivity index (χ3v) is 3.35. The van der Waals surface area contributed by atoms with Gasteiger partial charge < -0.3 is 14.1 Å². The van der Waals surface area contributed by atoms with E-state index in [0.717, 1.165) is 43.6 Å². The molecule has 0 radical (unpaired) electrons. The lowest BCUT2D eigenvalue weighted by molar-refractivity contribution is 0.120. The van der Waals surface area contributed by atoms with E-state index in [9.17, 15) is 0 Å². The number of hydrogen-bond donors (Lipinski definition) is 0. The second-order valence-electron chi connectivity index (χ2n) is 4.51. The smallest absolute Gasteiger partial charge is 0.196 e. The van der Waals surface area contributed by atoms with Crippen molar-refractivity contribution in [3.63, 3.8) is 0 Å². The predicted molar refractivity (Wildman–Crippen MR) is 80.4 cm³/mol. The molecule has 0 amide bonds. The summed E-state index contributed by atoms with van der Waals surface area (Å²) >= 11 is 5.83. The first-order chi connectivity index (χ1) is 9.81. The molecule has 0 spiro atoms. The van der Waals surface area contributed by atoms with Crippen LogP contribution in [-0.2, 0) is 4.74 Å². The van der Waals surface area contributed by atoms with Gasteiger partial charge in [-0.3, -0.25) is 4.99 Å². The van der Waals surface area contributed by atoms with Gasteiger partial charge in [-0.2, -0.15) is 0 Å². The molecular formula is C15H15ClN2O2. The molecule has 1 fully saturated rings. The average molecular weight is 291 g/mol. The Morgan fingerprint density at radius 1 is 1.05 bits per heavy atom. The molecule has 2 heterocycles. The molecule has 0 unspecified atom stereocenters. The van der Waals surface area contributed by atoms with Gasteiger partial charge >= 0.3 is 0 Å². The Morgan fingerprint density at radius 3 is 2.55 bits per heavy atom. The van der Waals surface area contributed by atoms with Crippen LogP contribution in [0.3, 0.4) is 0 Å². The Labute approximate surface area is 122 Å². The first-order valence-corrected chi connectivity index (χ1v) is 6.91. The van der Waals surface area contributed by atoms with Gasteiger partial charge in [0.2, 0.25) is 0 Å². The largest absolute Gasteiger partial charge is 0.440 e. The third kappa shape index (κ3) is 3.21. The lowest BCUT2D eigenvalue weighted by Gasteiger charge is -2.26. The maximum atomic E-state index is 5.83. The molecule has 5 heteroatoms. The Morgan fingerprint density at radius 2 is 1.80 bits per heavy atom. The molecule has 2 aromatic rings. The molecule has 20 heavy (non-hydrogen) atoms. The van der Waals surface area contributed by atoms with Gasteiger partial charge in [-0.25, -0.2) is 0 Å². The Balaban J connectivity index is 1.68. The zero-order valence-electron chi connectivity index (χ0n) is 11.0. The Kier molecular flexibility index (Phi) is 4.04. The van der Waals surface area contributed by atoms with Gasteiger partial charge in [0.15, 0.2) is 5.88 Å². The molecule has 1 aliphatic heterocycles. The summed E-state index contributed by atoms with van der Waals surface area (Å²) in [6, 6.07) is 11.2. The van der Waals surface area contributed by atoms with E-state index in [1.54, 1.807) is 6.21 Å². The van der Waals surface area contributed by atoms with Crippen molar-refractivity contribution in [1.29, 1.82) is 0 Å². The van der Waals surface area contributed by atoms with E-state index in [1.165, 1.54) is 0 Å². The average Bonchev–Trinajstić information content (AvgIpc) is 2.97. The van der Waals surface area contributed by atoms with Crippen molar-refractivity contribution < 1.29 is 9.15 Å². The standard InChI is InChI=1S/C15H15ClN2O2/c16-12-1-3-13(4-2-12)17-11-14-5-6-15(20-14)18-7-9-19-10-8-18/h1-6,11H,7-10H2. The zero-order valence-corrected chi connectivity index (χ0v) is 11.7. The number of ether oxygens (including phenoxy) is 1. The van der Waals surface area contributed by atoms with E-state index in [1.807, 2.05) is 36.4 Å². The summed E-state index contributed by atoms with van der Waals surface area (Å²) in [6.45, 7) is 3.21. The minimum absolute atomic E-state index is 0.705. The van der Waals surface area contributed by atoms with Crippen LogP contribution in [0.2, 0.25) is 5.02 Å². The highest BCUT2D eigenvalue weighted by atomic mass is 35.5. The molecule has 1 aromatic heterocycles. The normalized spacial score (nSPS) is 15.9. The first kappa shape index (κ1) is 13.2. The first-order valence-electron chi connectivity index (χ1n) is 6.53. The Hall–Kier alpha value is -1.78. The van der Waals surface area contributed by atoms with Crippen LogP contribution >= 0.6 is 11.6 Å². The highest BCUT2D eigenvalue weighted by Crippen LogP contribution is 2.20. The molecule has 0 aliphatic carbocycles. The number of morpholine rings is 1. The maximum Gasteiger partial charge on any atom is 0.196 e. The van der Waals surface area contributed by atoms with Crippen LogP contribution in [0.5, 0.6) is 0 Å². The van der Waals surface area contributed by atoms with Crippen molar-refractivity contribution in [3.8, 4) is 0 Å². The van der Waals surface area contributed by atoms with Crippen molar-refractivity contribution in [2.75, 3.05) is 31.2 Å². The van der Waals surface area contributed by atoms with Crippen molar-refractivity contribution >= 4 is 29.4 Å². The quantitative estimate of drug-likeness (QED) is 0.812. The number of aliphatic imine (C=N–C) groups is 1. The van der Waals surface area contributed by atoms with Crippen LogP contribution in [0.1, 0.15) is 5.76 Å². The number of halogens is 1. The van der Waals surface area contributed by atoms with Gasteiger partial charge in [0.1, 0.15) is 5.76 Å². The van der Waals surface area contributed by atoms with Gasteiger partial charge in [-0.15, -0.1) is 0 Å². The zero-order chi connectivity index (χ0) is 13.8. The molecule has 0 N–H and O–H groups in total. The molecule has 104 valence electrons. The second-order valence-corrected chi connectivity index (χ2v) is 4.95. The number of anilines is 1. The fourth-order valence-corrected chi connectivity index (χ4v) is 2.16. The summed E-state index contributed by atoms with van der Waals surface area (Å²) in [6.07, 6.45) is 1.72. The summed E-state index contributed by atoms with van der Waals surface area (Å²) in [4.78, 5) is 6.53.